The zero-order chi connectivity index (χ0) is 24.0. The summed E-state index contributed by atoms with van der Waals surface area (Å²) in [5.41, 5.74) is 5.98. The highest BCUT2D eigenvalue weighted by molar-refractivity contribution is 5.90. The SMILES string of the molecule is Cc1cc(-c2ncnn3cc(C4CN(C)C4)cc23)ccc1CNC(=O)c1noc(C(C)(C)C)n1. The third-order valence-electron chi connectivity index (χ3n) is 6.29. The first-order valence-electron chi connectivity index (χ1n) is 11.4. The van der Waals surface area contributed by atoms with Gasteiger partial charge in [0.1, 0.15) is 6.33 Å². The van der Waals surface area contributed by atoms with E-state index in [-0.39, 0.29) is 17.1 Å². The van der Waals surface area contributed by atoms with Gasteiger partial charge < -0.3 is 14.7 Å². The highest BCUT2D eigenvalue weighted by Crippen LogP contribution is 2.31. The van der Waals surface area contributed by atoms with Crippen LogP contribution in [0.15, 0.2) is 41.3 Å². The van der Waals surface area contributed by atoms with Crippen molar-refractivity contribution in [2.75, 3.05) is 20.1 Å². The van der Waals surface area contributed by atoms with Crippen molar-refractivity contribution in [3.05, 3.63) is 65.2 Å². The van der Waals surface area contributed by atoms with Crippen molar-refractivity contribution < 1.29 is 9.32 Å². The Morgan fingerprint density at radius 2 is 2.03 bits per heavy atom. The molecule has 0 atom stereocenters. The van der Waals surface area contributed by atoms with E-state index >= 15 is 0 Å². The smallest absolute Gasteiger partial charge is 0.292 e. The summed E-state index contributed by atoms with van der Waals surface area (Å²) in [5, 5.41) is 11.1. The maximum atomic E-state index is 12.5. The summed E-state index contributed by atoms with van der Waals surface area (Å²) in [7, 11) is 2.13. The van der Waals surface area contributed by atoms with Gasteiger partial charge in [-0.3, -0.25) is 4.79 Å². The van der Waals surface area contributed by atoms with Crippen LogP contribution in [0.25, 0.3) is 16.8 Å². The summed E-state index contributed by atoms with van der Waals surface area (Å²) in [6.07, 6.45) is 3.71. The van der Waals surface area contributed by atoms with E-state index in [4.69, 9.17) is 4.52 Å². The maximum Gasteiger partial charge on any atom is 0.292 e. The summed E-state index contributed by atoms with van der Waals surface area (Å²) in [6.45, 7) is 10.4. The van der Waals surface area contributed by atoms with Gasteiger partial charge in [-0.1, -0.05) is 38.1 Å². The van der Waals surface area contributed by atoms with E-state index in [0.717, 1.165) is 41.0 Å². The molecule has 0 saturated carbocycles. The number of rotatable bonds is 5. The molecule has 1 N–H and O–H groups in total. The fourth-order valence-corrected chi connectivity index (χ4v) is 4.22. The van der Waals surface area contributed by atoms with Crippen LogP contribution in [-0.2, 0) is 12.0 Å². The molecule has 34 heavy (non-hydrogen) atoms. The number of hydrogen-bond acceptors (Lipinski definition) is 7. The standard InChI is InChI=1S/C25H29N7O2/c1-15-8-16(21-20-9-18(19-11-31(5)12-19)13-32(20)28-14-27-21)6-7-17(15)10-26-23(33)22-29-24(34-30-22)25(2,3)4/h6-9,13-14,19H,10-12H2,1-5H3,(H,26,33). The fraction of sp³-hybridized carbons (Fsp3) is 0.400. The minimum Gasteiger partial charge on any atom is -0.345 e. The first-order valence-corrected chi connectivity index (χ1v) is 11.4. The summed E-state index contributed by atoms with van der Waals surface area (Å²) >= 11 is 0. The molecule has 1 amide bonds. The number of fused-ring (bicyclic) bond motifs is 1. The Hall–Kier alpha value is -3.59. The number of aromatic nitrogens is 5. The van der Waals surface area contributed by atoms with Crippen LogP contribution in [0.3, 0.4) is 0 Å². The Kier molecular flexibility index (Phi) is 5.44. The zero-order valence-corrected chi connectivity index (χ0v) is 20.2. The molecular weight excluding hydrogens is 430 g/mol. The van der Waals surface area contributed by atoms with Crippen molar-refractivity contribution in [1.82, 2.24) is 35.0 Å². The van der Waals surface area contributed by atoms with Gasteiger partial charge in [0.2, 0.25) is 5.89 Å². The second-order valence-corrected chi connectivity index (χ2v) is 10.1. The van der Waals surface area contributed by atoms with Crippen molar-refractivity contribution in [2.24, 2.45) is 0 Å². The van der Waals surface area contributed by atoms with E-state index in [1.54, 1.807) is 6.33 Å². The quantitative estimate of drug-likeness (QED) is 0.488. The van der Waals surface area contributed by atoms with Crippen LogP contribution in [-0.4, -0.2) is 55.7 Å². The predicted octanol–water partition coefficient (Wildman–Crippen LogP) is 3.34. The van der Waals surface area contributed by atoms with E-state index in [1.165, 1.54) is 5.56 Å². The third-order valence-corrected chi connectivity index (χ3v) is 6.29. The molecule has 1 aliphatic heterocycles. The molecular formula is C25H29N7O2. The second-order valence-electron chi connectivity index (χ2n) is 10.1. The topological polar surface area (TPSA) is 101 Å². The lowest BCUT2D eigenvalue weighted by Crippen LogP contribution is -2.41. The molecule has 176 valence electrons. The molecule has 3 aromatic heterocycles. The Morgan fingerprint density at radius 3 is 2.71 bits per heavy atom. The zero-order valence-electron chi connectivity index (χ0n) is 20.2. The van der Waals surface area contributed by atoms with Crippen LogP contribution in [0.1, 0.15) is 59.9 Å². The van der Waals surface area contributed by atoms with Gasteiger partial charge in [0, 0.05) is 42.7 Å². The van der Waals surface area contributed by atoms with Gasteiger partial charge in [0.25, 0.3) is 11.7 Å². The monoisotopic (exact) mass is 459 g/mol. The van der Waals surface area contributed by atoms with Crippen molar-refractivity contribution in [1.29, 1.82) is 0 Å². The number of amides is 1. The molecule has 0 aliphatic carbocycles. The van der Waals surface area contributed by atoms with E-state index in [0.29, 0.717) is 18.4 Å². The number of nitrogens with zero attached hydrogens (tertiary/aromatic N) is 6. The van der Waals surface area contributed by atoms with Gasteiger partial charge in [0.15, 0.2) is 0 Å². The minimum absolute atomic E-state index is 0.0456. The Morgan fingerprint density at radius 1 is 1.24 bits per heavy atom. The van der Waals surface area contributed by atoms with Crippen LogP contribution in [0.2, 0.25) is 0 Å². The molecule has 1 aromatic carbocycles. The molecule has 0 radical (unpaired) electrons. The molecule has 0 bridgehead atoms. The van der Waals surface area contributed by atoms with Crippen LogP contribution in [0, 0.1) is 6.92 Å². The Balaban J connectivity index is 1.32. The largest absolute Gasteiger partial charge is 0.345 e. The van der Waals surface area contributed by atoms with Gasteiger partial charge in [0.05, 0.1) is 11.2 Å². The predicted molar refractivity (Wildman–Crippen MR) is 128 cm³/mol. The second kappa shape index (κ2) is 8.32. The first-order chi connectivity index (χ1) is 16.2. The number of aryl methyl sites for hydroxylation is 1. The maximum absolute atomic E-state index is 12.5. The van der Waals surface area contributed by atoms with E-state index < -0.39 is 0 Å². The van der Waals surface area contributed by atoms with Crippen LogP contribution < -0.4 is 5.32 Å². The van der Waals surface area contributed by atoms with Crippen molar-refractivity contribution in [3.8, 4) is 11.3 Å². The van der Waals surface area contributed by atoms with Gasteiger partial charge in [-0.2, -0.15) is 10.1 Å². The van der Waals surface area contributed by atoms with Gasteiger partial charge in [-0.05, 0) is 42.8 Å². The number of nitrogens with one attached hydrogen (secondary N) is 1. The summed E-state index contributed by atoms with van der Waals surface area (Å²) < 4.78 is 7.13. The number of carbonyl (C=O) groups excluding carboxylic acids is 1. The van der Waals surface area contributed by atoms with Gasteiger partial charge >= 0.3 is 0 Å². The average molecular weight is 460 g/mol. The Bertz CT molecular complexity index is 1360. The first kappa shape index (κ1) is 22.2. The lowest BCUT2D eigenvalue weighted by atomic mass is 9.94. The minimum atomic E-state index is -0.359. The number of hydrogen-bond donors (Lipinski definition) is 1. The molecule has 4 aromatic rings. The molecule has 0 spiro atoms. The number of likely N-dealkylation sites (N-methyl/N-ethyl adjacent to an activating group) is 1. The highest BCUT2D eigenvalue weighted by Gasteiger charge is 2.27. The van der Waals surface area contributed by atoms with Crippen molar-refractivity contribution in [2.45, 2.75) is 45.6 Å². The normalized spacial score (nSPS) is 15.0. The van der Waals surface area contributed by atoms with E-state index in [9.17, 15) is 4.79 Å². The molecule has 4 heterocycles. The average Bonchev–Trinajstić information content (AvgIpc) is 3.43. The molecule has 0 unspecified atom stereocenters. The van der Waals surface area contributed by atoms with Crippen LogP contribution in [0.5, 0.6) is 0 Å². The fourth-order valence-electron chi connectivity index (χ4n) is 4.22. The Labute approximate surface area is 198 Å². The molecule has 1 saturated heterocycles. The molecule has 1 fully saturated rings. The summed E-state index contributed by atoms with van der Waals surface area (Å²) in [6, 6.07) is 8.35. The van der Waals surface area contributed by atoms with Crippen molar-refractivity contribution in [3.63, 3.8) is 0 Å². The lowest BCUT2D eigenvalue weighted by molar-refractivity contribution is 0.0937. The number of benzene rings is 1. The van der Waals surface area contributed by atoms with Gasteiger partial charge in [-0.25, -0.2) is 9.50 Å². The molecule has 1 aliphatic rings. The molecule has 9 nitrogen and oxygen atoms in total. The molecule has 9 heteroatoms. The molecule has 5 rings (SSSR count). The van der Waals surface area contributed by atoms with E-state index in [2.05, 4.69) is 55.8 Å². The summed E-state index contributed by atoms with van der Waals surface area (Å²) in [4.78, 5) is 23.6. The van der Waals surface area contributed by atoms with Crippen LogP contribution >= 0.6 is 0 Å². The number of carbonyl (C=O) groups is 1. The van der Waals surface area contributed by atoms with Crippen LogP contribution in [0.4, 0.5) is 0 Å². The van der Waals surface area contributed by atoms with E-state index in [1.807, 2.05) is 44.3 Å². The lowest BCUT2D eigenvalue weighted by Gasteiger charge is -2.35. The third kappa shape index (κ3) is 4.19. The number of likely N-dealkylation sites (tertiary alicyclic amines) is 1. The van der Waals surface area contributed by atoms with Gasteiger partial charge in [-0.15, -0.1) is 0 Å². The highest BCUT2D eigenvalue weighted by atomic mass is 16.5. The summed E-state index contributed by atoms with van der Waals surface area (Å²) in [5.74, 6) is 0.671. The van der Waals surface area contributed by atoms with Crippen molar-refractivity contribution >= 4 is 11.4 Å².